The molecule has 0 aromatic carbocycles. The Hall–Kier alpha value is 1.09. The fraction of sp³-hybridized carbons (Fsp3) is 0.333. The molecule has 0 saturated carbocycles. The van der Waals surface area contributed by atoms with Crippen LogP contribution < -0.4 is 0 Å². The van der Waals surface area contributed by atoms with Gasteiger partial charge in [0.25, 0.3) is 0 Å². The third-order valence-electron chi connectivity index (χ3n) is 0.252. The summed E-state index contributed by atoms with van der Waals surface area (Å²) in [6.07, 6.45) is 1.40. The topological polar surface area (TPSA) is 0 Å². The Morgan fingerprint density at radius 1 is 1.29 bits per heavy atom. The molecular weight excluding hydrogens is 222 g/mol. The number of alkyl halides is 3. The first-order valence-corrected chi connectivity index (χ1v) is 3.46. The van der Waals surface area contributed by atoms with Crippen LogP contribution in [0.4, 0.5) is 0 Å². The molecule has 0 amide bonds. The highest BCUT2D eigenvalue weighted by Crippen LogP contribution is 2.27. The van der Waals surface area contributed by atoms with Crippen LogP contribution in [0.15, 0.2) is 11.1 Å². The van der Waals surface area contributed by atoms with E-state index in [0.717, 1.165) is 0 Å². The van der Waals surface area contributed by atoms with E-state index in [4.69, 9.17) is 34.8 Å². The van der Waals surface area contributed by atoms with Crippen LogP contribution in [0.5, 0.6) is 0 Å². The Morgan fingerprint density at radius 3 is 1.71 bits per heavy atom. The predicted octanol–water partition coefficient (Wildman–Crippen LogP) is 3.27. The molecule has 0 heterocycles. The lowest BCUT2D eigenvalue weighted by Crippen LogP contribution is -1.92. The fourth-order valence-electron chi connectivity index (χ4n) is 0.0714. The van der Waals surface area contributed by atoms with Gasteiger partial charge in [0, 0.05) is 0 Å². The molecule has 7 heavy (non-hydrogen) atoms. The van der Waals surface area contributed by atoms with Gasteiger partial charge in [-0.05, 0) is 11.1 Å². The fourth-order valence-corrected chi connectivity index (χ4v) is 1.11. The zero-order chi connectivity index (χ0) is 5.91. The van der Waals surface area contributed by atoms with Gasteiger partial charge >= 0.3 is 0 Å². The lowest BCUT2D eigenvalue weighted by atomic mass is 10.7. The smallest absolute Gasteiger partial charge is 0.0791 e. The van der Waals surface area contributed by atoms with Crippen LogP contribution in [0.25, 0.3) is 0 Å². The van der Waals surface area contributed by atoms with Gasteiger partial charge in [0.05, 0.1) is 0 Å². The molecular formula is C3H2BrCl3. The van der Waals surface area contributed by atoms with Crippen molar-refractivity contribution in [3.05, 3.63) is 11.1 Å². The highest BCUT2D eigenvalue weighted by molar-refractivity contribution is 9.11. The molecule has 0 fully saturated rings. The van der Waals surface area contributed by atoms with Gasteiger partial charge in [0.15, 0.2) is 0 Å². The average molecular weight is 224 g/mol. The monoisotopic (exact) mass is 222 g/mol. The first kappa shape index (κ1) is 8.09. The Bertz CT molecular complexity index is 72.7. The first-order valence-electron chi connectivity index (χ1n) is 1.41. The third kappa shape index (κ3) is 7.09. The second kappa shape index (κ2) is 3.18. The maximum atomic E-state index is 5.25. The van der Waals surface area contributed by atoms with E-state index in [2.05, 4.69) is 15.9 Å². The van der Waals surface area contributed by atoms with Gasteiger partial charge in [-0.15, -0.1) is 0 Å². The van der Waals surface area contributed by atoms with Crippen LogP contribution in [-0.4, -0.2) is 3.79 Å². The lowest BCUT2D eigenvalue weighted by molar-refractivity contribution is 1.48. The molecule has 0 radical (unpaired) electrons. The summed E-state index contributed by atoms with van der Waals surface area (Å²) in [5.74, 6) is 0. The normalized spacial score (nSPS) is 13.1. The van der Waals surface area contributed by atoms with E-state index in [1.54, 1.807) is 0 Å². The minimum atomic E-state index is -1.26. The average Bonchev–Trinajstić information content (AvgIpc) is 1.30. The van der Waals surface area contributed by atoms with Gasteiger partial charge in [-0.25, -0.2) is 0 Å². The van der Waals surface area contributed by atoms with Gasteiger partial charge in [-0.2, -0.15) is 0 Å². The summed E-state index contributed by atoms with van der Waals surface area (Å²) < 4.78 is -1.26. The maximum Gasteiger partial charge on any atom is 0.210 e. The zero-order valence-corrected chi connectivity index (χ0v) is 7.02. The summed E-state index contributed by atoms with van der Waals surface area (Å²) in [5, 5.41) is 0. The zero-order valence-electron chi connectivity index (χ0n) is 3.17. The van der Waals surface area contributed by atoms with E-state index in [1.807, 2.05) is 0 Å². The van der Waals surface area contributed by atoms with Crippen molar-refractivity contribution in [2.45, 2.75) is 3.79 Å². The Balaban J connectivity index is 3.56. The molecule has 0 bridgehead atoms. The molecule has 0 spiro atoms. The standard InChI is InChI=1S/C3H2BrCl3/c4-2-1-3(5,6)7/h1-2H. The molecule has 4 heteroatoms. The highest BCUT2D eigenvalue weighted by Gasteiger charge is 2.12. The summed E-state index contributed by atoms with van der Waals surface area (Å²) in [7, 11) is 0. The van der Waals surface area contributed by atoms with Crippen LogP contribution in [0.2, 0.25) is 0 Å². The number of allylic oxidation sites excluding steroid dienone is 1. The van der Waals surface area contributed by atoms with Gasteiger partial charge in [0.1, 0.15) is 0 Å². The molecule has 0 nitrogen and oxygen atoms in total. The molecule has 0 aliphatic carbocycles. The molecule has 0 aromatic heterocycles. The minimum absolute atomic E-state index is 1.26. The van der Waals surface area contributed by atoms with Crippen LogP contribution in [0, 0.1) is 0 Å². The second-order valence-corrected chi connectivity index (χ2v) is 3.73. The second-order valence-electron chi connectivity index (χ2n) is 0.834. The number of hydrogen-bond donors (Lipinski definition) is 0. The highest BCUT2D eigenvalue weighted by atomic mass is 79.9. The number of rotatable bonds is 0. The Kier molecular flexibility index (Phi) is 3.68. The summed E-state index contributed by atoms with van der Waals surface area (Å²) in [4.78, 5) is 1.50. The SMILES string of the molecule is ClC(Cl)(Cl)C=CBr. The van der Waals surface area contributed by atoms with Crippen LogP contribution in [0.1, 0.15) is 0 Å². The quantitative estimate of drug-likeness (QED) is 0.554. The molecule has 0 saturated heterocycles. The molecule has 0 atom stereocenters. The van der Waals surface area contributed by atoms with E-state index in [0.29, 0.717) is 0 Å². The summed E-state index contributed by atoms with van der Waals surface area (Å²) >= 11 is 18.7. The van der Waals surface area contributed by atoms with Crippen molar-refractivity contribution in [1.82, 2.24) is 0 Å². The van der Waals surface area contributed by atoms with Crippen LogP contribution >= 0.6 is 50.7 Å². The van der Waals surface area contributed by atoms with Gasteiger partial charge < -0.3 is 0 Å². The van der Waals surface area contributed by atoms with E-state index in [1.165, 1.54) is 11.1 Å². The molecule has 0 aromatic rings. The summed E-state index contributed by atoms with van der Waals surface area (Å²) in [6, 6.07) is 0. The van der Waals surface area contributed by atoms with Crippen molar-refractivity contribution >= 4 is 50.7 Å². The molecule has 42 valence electrons. The largest absolute Gasteiger partial charge is 0.210 e. The number of hydrogen-bond acceptors (Lipinski definition) is 0. The summed E-state index contributed by atoms with van der Waals surface area (Å²) in [5.41, 5.74) is 0. The van der Waals surface area contributed by atoms with Crippen molar-refractivity contribution in [3.63, 3.8) is 0 Å². The number of halogens is 4. The van der Waals surface area contributed by atoms with Crippen LogP contribution in [0.3, 0.4) is 0 Å². The summed E-state index contributed by atoms with van der Waals surface area (Å²) in [6.45, 7) is 0. The molecule has 0 rings (SSSR count). The first-order chi connectivity index (χ1) is 3.06. The predicted molar refractivity (Wildman–Crippen MR) is 38.4 cm³/mol. The Morgan fingerprint density at radius 2 is 1.71 bits per heavy atom. The molecule has 0 aliphatic rings. The lowest BCUT2D eigenvalue weighted by Gasteiger charge is -1.98. The van der Waals surface area contributed by atoms with Gasteiger partial charge in [-0.3, -0.25) is 0 Å². The minimum Gasteiger partial charge on any atom is -0.0791 e. The van der Waals surface area contributed by atoms with E-state index in [9.17, 15) is 0 Å². The van der Waals surface area contributed by atoms with Crippen molar-refractivity contribution in [1.29, 1.82) is 0 Å². The van der Waals surface area contributed by atoms with Crippen molar-refractivity contribution in [2.24, 2.45) is 0 Å². The van der Waals surface area contributed by atoms with Gasteiger partial charge in [-0.1, -0.05) is 50.7 Å². The third-order valence-corrected chi connectivity index (χ3v) is 0.894. The van der Waals surface area contributed by atoms with E-state index < -0.39 is 3.79 Å². The Labute approximate surface area is 65.6 Å². The van der Waals surface area contributed by atoms with E-state index >= 15 is 0 Å². The van der Waals surface area contributed by atoms with Crippen molar-refractivity contribution in [2.75, 3.05) is 0 Å². The van der Waals surface area contributed by atoms with Crippen LogP contribution in [-0.2, 0) is 0 Å². The van der Waals surface area contributed by atoms with Crippen molar-refractivity contribution in [3.8, 4) is 0 Å². The van der Waals surface area contributed by atoms with Crippen molar-refractivity contribution < 1.29 is 0 Å². The maximum absolute atomic E-state index is 5.25. The van der Waals surface area contributed by atoms with Gasteiger partial charge in [0.2, 0.25) is 3.79 Å². The molecule has 0 aliphatic heterocycles. The molecule has 0 unspecified atom stereocenters. The molecule has 0 N–H and O–H groups in total. The van der Waals surface area contributed by atoms with E-state index in [-0.39, 0.29) is 0 Å².